The maximum absolute atomic E-state index is 10.8. The molecule has 0 spiro atoms. The van der Waals surface area contributed by atoms with Crippen molar-refractivity contribution in [1.29, 1.82) is 0 Å². The predicted octanol–water partition coefficient (Wildman–Crippen LogP) is 2.11. The lowest BCUT2D eigenvalue weighted by Crippen LogP contribution is -2.48. The monoisotopic (exact) mass is 307 g/mol. The molecule has 3 rings (SSSR count). The number of aliphatic carboxylic acids is 1. The standard InChI is InChI=1S/C14H17N3O3S/c1-14(2)9-16(5-7-20-14)12-10(3-4-11(18)19)17-6-8-21-13(17)15-12/h3-4,6,8H,5,7,9H2,1-2H3,(H,18,19)/b4-3+. The molecule has 112 valence electrons. The largest absolute Gasteiger partial charge is 0.478 e. The van der Waals surface area contributed by atoms with E-state index in [0.717, 1.165) is 35.6 Å². The minimum atomic E-state index is -0.964. The van der Waals surface area contributed by atoms with Crippen LogP contribution in [-0.2, 0) is 9.53 Å². The van der Waals surface area contributed by atoms with Crippen LogP contribution in [-0.4, -0.2) is 45.8 Å². The molecular formula is C14H17N3O3S. The average Bonchev–Trinajstić information content (AvgIpc) is 2.95. The van der Waals surface area contributed by atoms with Gasteiger partial charge in [0.25, 0.3) is 0 Å². The average molecular weight is 307 g/mol. The molecule has 1 fully saturated rings. The minimum Gasteiger partial charge on any atom is -0.478 e. The molecule has 2 aromatic heterocycles. The third-order valence-electron chi connectivity index (χ3n) is 3.39. The van der Waals surface area contributed by atoms with Crippen molar-refractivity contribution in [2.75, 3.05) is 24.6 Å². The van der Waals surface area contributed by atoms with Gasteiger partial charge in [-0.05, 0) is 19.9 Å². The van der Waals surface area contributed by atoms with Gasteiger partial charge < -0.3 is 14.7 Å². The Labute approximate surface area is 126 Å². The van der Waals surface area contributed by atoms with E-state index in [-0.39, 0.29) is 5.60 Å². The first-order valence-electron chi connectivity index (χ1n) is 6.72. The van der Waals surface area contributed by atoms with Crippen LogP contribution in [0.2, 0.25) is 0 Å². The maximum Gasteiger partial charge on any atom is 0.328 e. The van der Waals surface area contributed by atoms with Crippen molar-refractivity contribution >= 4 is 34.2 Å². The van der Waals surface area contributed by atoms with Crippen LogP contribution in [0.25, 0.3) is 11.0 Å². The number of hydrogen-bond acceptors (Lipinski definition) is 5. The molecule has 1 aliphatic heterocycles. The molecule has 2 aromatic rings. The number of fused-ring (bicyclic) bond motifs is 1. The molecule has 0 amide bonds. The highest BCUT2D eigenvalue weighted by atomic mass is 32.1. The van der Waals surface area contributed by atoms with E-state index < -0.39 is 5.97 Å². The summed E-state index contributed by atoms with van der Waals surface area (Å²) in [7, 11) is 0. The van der Waals surface area contributed by atoms with Crippen molar-refractivity contribution in [2.45, 2.75) is 19.4 Å². The highest BCUT2D eigenvalue weighted by Gasteiger charge is 2.30. The zero-order chi connectivity index (χ0) is 15.0. The number of morpholine rings is 1. The van der Waals surface area contributed by atoms with E-state index >= 15 is 0 Å². The molecule has 0 atom stereocenters. The number of thiazole rings is 1. The molecule has 6 nitrogen and oxygen atoms in total. The smallest absolute Gasteiger partial charge is 0.328 e. The summed E-state index contributed by atoms with van der Waals surface area (Å²) in [6.45, 7) is 6.21. The summed E-state index contributed by atoms with van der Waals surface area (Å²) < 4.78 is 7.64. The number of carboxylic acid groups (broad SMARTS) is 1. The molecule has 7 heteroatoms. The van der Waals surface area contributed by atoms with Gasteiger partial charge in [-0.3, -0.25) is 4.40 Å². The quantitative estimate of drug-likeness (QED) is 0.880. The van der Waals surface area contributed by atoms with Crippen LogP contribution in [0.15, 0.2) is 17.7 Å². The molecule has 1 aliphatic rings. The topological polar surface area (TPSA) is 67.1 Å². The Hall–Kier alpha value is -1.86. The van der Waals surface area contributed by atoms with Gasteiger partial charge in [0.05, 0.1) is 17.9 Å². The minimum absolute atomic E-state index is 0.233. The van der Waals surface area contributed by atoms with Crippen LogP contribution in [0.5, 0.6) is 0 Å². The molecule has 0 radical (unpaired) electrons. The summed E-state index contributed by atoms with van der Waals surface area (Å²) in [4.78, 5) is 18.5. The van der Waals surface area contributed by atoms with Gasteiger partial charge in [-0.15, -0.1) is 11.3 Å². The summed E-state index contributed by atoms with van der Waals surface area (Å²) in [5.74, 6) is -0.149. The number of aromatic nitrogens is 2. The van der Waals surface area contributed by atoms with Gasteiger partial charge >= 0.3 is 5.97 Å². The first-order chi connectivity index (χ1) is 9.96. The number of nitrogens with zero attached hydrogens (tertiary/aromatic N) is 3. The van der Waals surface area contributed by atoms with Gasteiger partial charge in [0.1, 0.15) is 0 Å². The molecule has 0 aromatic carbocycles. The summed E-state index contributed by atoms with van der Waals surface area (Å²) in [5.41, 5.74) is 0.564. The van der Waals surface area contributed by atoms with Crippen molar-refractivity contribution in [2.24, 2.45) is 0 Å². The van der Waals surface area contributed by atoms with Crippen LogP contribution >= 0.6 is 11.3 Å². The normalized spacial score (nSPS) is 18.7. The Bertz CT molecular complexity index is 701. The Kier molecular flexibility index (Phi) is 3.46. The second kappa shape index (κ2) is 5.16. The van der Waals surface area contributed by atoms with Crippen molar-refractivity contribution in [3.8, 4) is 0 Å². The molecular weight excluding hydrogens is 290 g/mol. The van der Waals surface area contributed by atoms with Gasteiger partial charge in [0.15, 0.2) is 10.8 Å². The summed E-state index contributed by atoms with van der Waals surface area (Å²) >= 11 is 1.53. The van der Waals surface area contributed by atoms with E-state index in [9.17, 15) is 4.79 Å². The molecule has 0 aliphatic carbocycles. The lowest BCUT2D eigenvalue weighted by Gasteiger charge is -2.38. The van der Waals surface area contributed by atoms with Crippen LogP contribution in [0, 0.1) is 0 Å². The second-order valence-corrected chi connectivity index (χ2v) is 6.45. The lowest BCUT2D eigenvalue weighted by atomic mass is 10.1. The first kappa shape index (κ1) is 14.1. The van der Waals surface area contributed by atoms with E-state index in [1.807, 2.05) is 29.8 Å². The fourth-order valence-electron chi connectivity index (χ4n) is 2.53. The number of rotatable bonds is 3. The zero-order valence-electron chi connectivity index (χ0n) is 11.9. The molecule has 1 saturated heterocycles. The molecule has 1 N–H and O–H groups in total. The van der Waals surface area contributed by atoms with Crippen molar-refractivity contribution in [3.05, 3.63) is 23.3 Å². The molecule has 3 heterocycles. The van der Waals surface area contributed by atoms with E-state index in [2.05, 4.69) is 9.88 Å². The van der Waals surface area contributed by atoms with Crippen LogP contribution in [0.3, 0.4) is 0 Å². The fourth-order valence-corrected chi connectivity index (χ4v) is 3.24. The van der Waals surface area contributed by atoms with Gasteiger partial charge in [-0.1, -0.05) is 0 Å². The van der Waals surface area contributed by atoms with Gasteiger partial charge in [0, 0.05) is 30.7 Å². The van der Waals surface area contributed by atoms with E-state index in [0.29, 0.717) is 6.61 Å². The third-order valence-corrected chi connectivity index (χ3v) is 4.15. The van der Waals surface area contributed by atoms with Gasteiger partial charge in [0.2, 0.25) is 0 Å². The van der Waals surface area contributed by atoms with Crippen LogP contribution < -0.4 is 4.90 Å². The number of carboxylic acids is 1. The number of carbonyl (C=O) groups is 1. The predicted molar refractivity (Wildman–Crippen MR) is 82.0 cm³/mol. The Morgan fingerprint density at radius 1 is 1.57 bits per heavy atom. The Balaban J connectivity index is 2.03. The van der Waals surface area contributed by atoms with Crippen molar-refractivity contribution in [1.82, 2.24) is 9.38 Å². The SMILES string of the molecule is CC1(C)CN(c2nc3sccn3c2/C=C/C(=O)O)CCO1. The first-order valence-corrected chi connectivity index (χ1v) is 7.60. The zero-order valence-corrected chi connectivity index (χ0v) is 12.8. The highest BCUT2D eigenvalue weighted by Crippen LogP contribution is 2.29. The second-order valence-electron chi connectivity index (χ2n) is 5.58. The summed E-state index contributed by atoms with van der Waals surface area (Å²) in [6, 6.07) is 0. The molecule has 21 heavy (non-hydrogen) atoms. The fraction of sp³-hybridized carbons (Fsp3) is 0.429. The van der Waals surface area contributed by atoms with Crippen LogP contribution in [0.1, 0.15) is 19.5 Å². The van der Waals surface area contributed by atoms with Crippen LogP contribution in [0.4, 0.5) is 5.82 Å². The van der Waals surface area contributed by atoms with E-state index in [4.69, 9.17) is 9.84 Å². The van der Waals surface area contributed by atoms with Gasteiger partial charge in [-0.2, -0.15) is 0 Å². The van der Waals surface area contributed by atoms with Crippen molar-refractivity contribution < 1.29 is 14.6 Å². The number of ether oxygens (including phenoxy) is 1. The Morgan fingerprint density at radius 3 is 3.10 bits per heavy atom. The summed E-state index contributed by atoms with van der Waals surface area (Å²) in [5, 5.41) is 10.8. The van der Waals surface area contributed by atoms with E-state index in [1.54, 1.807) is 6.08 Å². The maximum atomic E-state index is 10.8. The Morgan fingerprint density at radius 2 is 2.38 bits per heavy atom. The lowest BCUT2D eigenvalue weighted by molar-refractivity contribution is -0.131. The highest BCUT2D eigenvalue weighted by molar-refractivity contribution is 7.15. The van der Waals surface area contributed by atoms with Crippen molar-refractivity contribution in [3.63, 3.8) is 0 Å². The number of anilines is 1. The number of hydrogen-bond donors (Lipinski definition) is 1. The molecule has 0 bridgehead atoms. The summed E-state index contributed by atoms with van der Waals surface area (Å²) in [6.07, 6.45) is 4.66. The van der Waals surface area contributed by atoms with Gasteiger partial charge in [-0.25, -0.2) is 9.78 Å². The number of imidazole rings is 1. The third kappa shape index (κ3) is 2.79. The molecule has 0 unspecified atom stereocenters. The molecule has 0 saturated carbocycles. The van der Waals surface area contributed by atoms with E-state index in [1.165, 1.54) is 11.3 Å².